The lowest BCUT2D eigenvalue weighted by atomic mass is 9.96. The van der Waals surface area contributed by atoms with E-state index in [4.69, 9.17) is 15.7 Å². The van der Waals surface area contributed by atoms with E-state index >= 15 is 0 Å². The van der Waals surface area contributed by atoms with E-state index in [0.29, 0.717) is 6.04 Å². The number of aliphatic carboxylic acids is 1. The summed E-state index contributed by atoms with van der Waals surface area (Å²) in [4.78, 5) is 21.0. The number of amides is 2. The lowest BCUT2D eigenvalue weighted by molar-refractivity contribution is -0.192. The van der Waals surface area contributed by atoms with Crippen molar-refractivity contribution in [3.8, 4) is 0 Å². The van der Waals surface area contributed by atoms with Crippen LogP contribution in [0, 0.1) is 0 Å². The van der Waals surface area contributed by atoms with Crippen LogP contribution in [0.15, 0.2) is 41.5 Å². The maximum atomic E-state index is 12.1. The van der Waals surface area contributed by atoms with E-state index in [1.54, 1.807) is 6.21 Å². The maximum Gasteiger partial charge on any atom is 0.490 e. The standard InChI is InChI=1S/C18H22N4O.C2HF3O2/c19-20-12-13-6-7-15-11-17(9-8-14(15)10-13)22-18(23)21-16-4-2-1-3-5-16;3-2(4,5)1(6)7/h6-12,16H,1-5,19H2,(H2,21,22,23);(H,6,7). The summed E-state index contributed by atoms with van der Waals surface area (Å²) >= 11 is 0. The van der Waals surface area contributed by atoms with Gasteiger partial charge in [-0.3, -0.25) is 0 Å². The summed E-state index contributed by atoms with van der Waals surface area (Å²) in [6.45, 7) is 0. The molecule has 162 valence electrons. The molecule has 1 fully saturated rings. The second-order valence-electron chi connectivity index (χ2n) is 6.84. The fourth-order valence-corrected chi connectivity index (χ4v) is 3.11. The molecule has 3 rings (SSSR count). The van der Waals surface area contributed by atoms with Gasteiger partial charge in [0.25, 0.3) is 0 Å². The van der Waals surface area contributed by atoms with Gasteiger partial charge in [0.1, 0.15) is 0 Å². The van der Waals surface area contributed by atoms with E-state index in [-0.39, 0.29) is 6.03 Å². The van der Waals surface area contributed by atoms with Gasteiger partial charge in [-0.15, -0.1) is 0 Å². The Labute approximate surface area is 171 Å². The number of rotatable bonds is 3. The second-order valence-corrected chi connectivity index (χ2v) is 6.84. The normalized spacial score (nSPS) is 14.8. The molecule has 0 aliphatic heterocycles. The number of fused-ring (bicyclic) bond motifs is 1. The van der Waals surface area contributed by atoms with Crippen molar-refractivity contribution in [2.75, 3.05) is 5.32 Å². The van der Waals surface area contributed by atoms with E-state index in [9.17, 15) is 18.0 Å². The van der Waals surface area contributed by atoms with Crippen LogP contribution in [-0.4, -0.2) is 35.5 Å². The van der Waals surface area contributed by atoms with Crippen LogP contribution in [0.25, 0.3) is 10.8 Å². The molecule has 0 spiro atoms. The van der Waals surface area contributed by atoms with Crippen LogP contribution in [0.2, 0.25) is 0 Å². The number of hydrogen-bond acceptors (Lipinski definition) is 4. The first-order valence-electron chi connectivity index (χ1n) is 9.34. The van der Waals surface area contributed by atoms with Crippen molar-refractivity contribution in [3.05, 3.63) is 42.0 Å². The highest BCUT2D eigenvalue weighted by Gasteiger charge is 2.38. The van der Waals surface area contributed by atoms with E-state index in [1.807, 2.05) is 36.4 Å². The van der Waals surface area contributed by atoms with Crippen LogP contribution >= 0.6 is 0 Å². The summed E-state index contributed by atoms with van der Waals surface area (Å²) in [6, 6.07) is 12.0. The summed E-state index contributed by atoms with van der Waals surface area (Å²) in [5.74, 6) is 2.42. The number of hydrogen-bond donors (Lipinski definition) is 4. The average Bonchev–Trinajstić information content (AvgIpc) is 2.69. The molecule has 0 bridgehead atoms. The Hall–Kier alpha value is -3.30. The van der Waals surface area contributed by atoms with Crippen LogP contribution in [0.3, 0.4) is 0 Å². The molecule has 0 unspecified atom stereocenters. The summed E-state index contributed by atoms with van der Waals surface area (Å²) in [5.41, 5.74) is 1.75. The first-order valence-corrected chi connectivity index (χ1v) is 9.34. The van der Waals surface area contributed by atoms with Crippen LogP contribution in [0.4, 0.5) is 23.7 Å². The number of anilines is 1. The van der Waals surface area contributed by atoms with E-state index in [0.717, 1.165) is 34.9 Å². The molecule has 5 N–H and O–H groups in total. The number of carbonyl (C=O) groups excluding carboxylic acids is 1. The third-order valence-electron chi connectivity index (χ3n) is 4.53. The molecule has 0 radical (unpaired) electrons. The molecule has 1 saturated carbocycles. The van der Waals surface area contributed by atoms with Gasteiger partial charge in [0.15, 0.2) is 0 Å². The first kappa shape index (κ1) is 23.0. The SMILES string of the molecule is NN=Cc1ccc2cc(NC(=O)NC3CCCCC3)ccc2c1.O=C(O)C(F)(F)F. The number of hydrazone groups is 1. The number of carboxylic acids is 1. The number of nitrogens with zero attached hydrogens (tertiary/aromatic N) is 1. The predicted molar refractivity (Wildman–Crippen MR) is 108 cm³/mol. The van der Waals surface area contributed by atoms with Gasteiger partial charge in [0.2, 0.25) is 0 Å². The monoisotopic (exact) mass is 424 g/mol. The van der Waals surface area contributed by atoms with Gasteiger partial charge in [-0.1, -0.05) is 37.5 Å². The van der Waals surface area contributed by atoms with Gasteiger partial charge >= 0.3 is 18.2 Å². The lowest BCUT2D eigenvalue weighted by Crippen LogP contribution is -2.38. The van der Waals surface area contributed by atoms with Gasteiger partial charge in [-0.25, -0.2) is 9.59 Å². The molecule has 2 amide bonds. The second kappa shape index (κ2) is 10.5. The van der Waals surface area contributed by atoms with Gasteiger partial charge in [0.05, 0.1) is 6.21 Å². The third kappa shape index (κ3) is 7.26. The van der Waals surface area contributed by atoms with Crippen LogP contribution in [0.1, 0.15) is 37.7 Å². The van der Waals surface area contributed by atoms with Crippen molar-refractivity contribution >= 4 is 34.7 Å². The van der Waals surface area contributed by atoms with Gasteiger partial charge in [0, 0.05) is 11.7 Å². The highest BCUT2D eigenvalue weighted by atomic mass is 19.4. The Balaban J connectivity index is 0.000000396. The molecule has 0 saturated heterocycles. The number of halogens is 3. The smallest absolute Gasteiger partial charge is 0.475 e. The molecular formula is C20H23F3N4O3. The zero-order chi connectivity index (χ0) is 22.1. The van der Waals surface area contributed by atoms with E-state index in [1.165, 1.54) is 19.3 Å². The highest BCUT2D eigenvalue weighted by molar-refractivity contribution is 5.95. The Morgan fingerprint density at radius 1 is 1.07 bits per heavy atom. The molecule has 1 aliphatic carbocycles. The Bertz CT molecular complexity index is 910. The molecule has 7 nitrogen and oxygen atoms in total. The minimum absolute atomic E-state index is 0.122. The number of carbonyl (C=O) groups is 2. The van der Waals surface area contributed by atoms with E-state index < -0.39 is 12.1 Å². The lowest BCUT2D eigenvalue weighted by Gasteiger charge is -2.22. The third-order valence-corrected chi connectivity index (χ3v) is 4.53. The van der Waals surface area contributed by atoms with E-state index in [2.05, 4.69) is 15.7 Å². The fraction of sp³-hybridized carbons (Fsp3) is 0.350. The fourth-order valence-electron chi connectivity index (χ4n) is 3.11. The minimum Gasteiger partial charge on any atom is -0.475 e. The zero-order valence-corrected chi connectivity index (χ0v) is 16.1. The highest BCUT2D eigenvalue weighted by Crippen LogP contribution is 2.21. The van der Waals surface area contributed by atoms with Crippen molar-refractivity contribution in [1.29, 1.82) is 0 Å². The molecular weight excluding hydrogens is 401 g/mol. The molecule has 30 heavy (non-hydrogen) atoms. The summed E-state index contributed by atoms with van der Waals surface area (Å²) in [7, 11) is 0. The van der Waals surface area contributed by atoms with Crippen molar-refractivity contribution in [2.24, 2.45) is 10.9 Å². The average molecular weight is 424 g/mol. The van der Waals surface area contributed by atoms with Gasteiger partial charge < -0.3 is 21.6 Å². The molecule has 2 aromatic rings. The zero-order valence-electron chi connectivity index (χ0n) is 16.1. The number of nitrogens with one attached hydrogen (secondary N) is 2. The molecule has 0 heterocycles. The number of alkyl halides is 3. The van der Waals surface area contributed by atoms with Crippen molar-refractivity contribution in [1.82, 2.24) is 5.32 Å². The minimum atomic E-state index is -5.08. The number of carboxylic acid groups (broad SMARTS) is 1. The van der Waals surface area contributed by atoms with Crippen LogP contribution in [0.5, 0.6) is 0 Å². The maximum absolute atomic E-state index is 12.1. The molecule has 2 aromatic carbocycles. The summed E-state index contributed by atoms with van der Waals surface area (Å²) in [6.07, 6.45) is 2.38. The Morgan fingerprint density at radius 2 is 1.67 bits per heavy atom. The van der Waals surface area contributed by atoms with Crippen molar-refractivity contribution in [3.63, 3.8) is 0 Å². The summed E-state index contributed by atoms with van der Waals surface area (Å²) in [5, 5.41) is 18.8. The first-order chi connectivity index (χ1) is 14.2. The van der Waals surface area contributed by atoms with Crippen LogP contribution in [-0.2, 0) is 4.79 Å². The van der Waals surface area contributed by atoms with Crippen molar-refractivity contribution in [2.45, 2.75) is 44.3 Å². The van der Waals surface area contributed by atoms with Crippen molar-refractivity contribution < 1.29 is 27.9 Å². The molecule has 1 aliphatic rings. The Morgan fingerprint density at radius 3 is 2.27 bits per heavy atom. The molecule has 0 atom stereocenters. The molecule has 0 aromatic heterocycles. The summed E-state index contributed by atoms with van der Waals surface area (Å²) < 4.78 is 31.7. The Kier molecular flexibility index (Phi) is 8.02. The largest absolute Gasteiger partial charge is 0.490 e. The quantitative estimate of drug-likeness (QED) is 0.335. The number of benzene rings is 2. The van der Waals surface area contributed by atoms with Gasteiger partial charge in [-0.2, -0.15) is 18.3 Å². The van der Waals surface area contributed by atoms with Crippen LogP contribution < -0.4 is 16.5 Å². The predicted octanol–water partition coefficient (Wildman–Crippen LogP) is 4.22. The topological polar surface area (TPSA) is 117 Å². The number of nitrogens with two attached hydrogens (primary N) is 1. The molecule has 10 heteroatoms. The number of urea groups is 1. The van der Waals surface area contributed by atoms with Gasteiger partial charge in [-0.05, 0) is 47.4 Å².